The Bertz CT molecular complexity index is 768. The number of nitrogens with one attached hydrogen (secondary N) is 2. The van der Waals surface area contributed by atoms with E-state index >= 15 is 0 Å². The molecular formula is C16H18N2O3S. The second-order valence-electron chi connectivity index (χ2n) is 4.90. The smallest absolute Gasteiger partial charge is 0.251 e. The van der Waals surface area contributed by atoms with Crippen LogP contribution in [-0.2, 0) is 16.6 Å². The van der Waals surface area contributed by atoms with E-state index in [1.54, 1.807) is 0 Å². The SMILES string of the molecule is CNS(=O)(=O)c1ccc(C(=O)NCc2cccc(C)c2)cc1. The van der Waals surface area contributed by atoms with Crippen molar-refractivity contribution in [2.75, 3.05) is 7.05 Å². The molecule has 0 aliphatic heterocycles. The van der Waals surface area contributed by atoms with Crippen LogP contribution in [0, 0.1) is 6.92 Å². The summed E-state index contributed by atoms with van der Waals surface area (Å²) in [5.74, 6) is -0.241. The van der Waals surface area contributed by atoms with Crippen molar-refractivity contribution in [3.63, 3.8) is 0 Å². The van der Waals surface area contributed by atoms with Gasteiger partial charge in [-0.15, -0.1) is 0 Å². The van der Waals surface area contributed by atoms with Crippen LogP contribution in [0.4, 0.5) is 0 Å². The fourth-order valence-corrected chi connectivity index (χ4v) is 2.74. The summed E-state index contributed by atoms with van der Waals surface area (Å²) in [4.78, 5) is 12.2. The van der Waals surface area contributed by atoms with Gasteiger partial charge in [0.15, 0.2) is 0 Å². The highest BCUT2D eigenvalue weighted by Crippen LogP contribution is 2.10. The molecule has 2 rings (SSSR count). The van der Waals surface area contributed by atoms with Crippen LogP contribution in [0.5, 0.6) is 0 Å². The van der Waals surface area contributed by atoms with E-state index < -0.39 is 10.0 Å². The van der Waals surface area contributed by atoms with E-state index in [0.717, 1.165) is 11.1 Å². The third-order valence-electron chi connectivity index (χ3n) is 3.23. The number of rotatable bonds is 5. The van der Waals surface area contributed by atoms with Crippen LogP contribution in [-0.4, -0.2) is 21.4 Å². The Kier molecular flexibility index (Phi) is 4.95. The summed E-state index contributed by atoms with van der Waals surface area (Å²) in [6.45, 7) is 2.42. The lowest BCUT2D eigenvalue weighted by atomic mass is 10.1. The molecule has 0 saturated carbocycles. The first-order valence-corrected chi connectivity index (χ1v) is 8.28. The third-order valence-corrected chi connectivity index (χ3v) is 4.66. The minimum Gasteiger partial charge on any atom is -0.348 e. The zero-order valence-electron chi connectivity index (χ0n) is 12.5. The van der Waals surface area contributed by atoms with E-state index in [9.17, 15) is 13.2 Å². The number of benzene rings is 2. The Labute approximate surface area is 130 Å². The van der Waals surface area contributed by atoms with Crippen LogP contribution in [0.2, 0.25) is 0 Å². The van der Waals surface area contributed by atoms with Gasteiger partial charge in [-0.3, -0.25) is 4.79 Å². The molecule has 2 aromatic rings. The molecule has 0 spiro atoms. The molecule has 0 aliphatic rings. The summed E-state index contributed by atoms with van der Waals surface area (Å²) < 4.78 is 25.5. The molecule has 1 amide bonds. The number of amides is 1. The van der Waals surface area contributed by atoms with Crippen molar-refractivity contribution in [1.82, 2.24) is 10.0 Å². The van der Waals surface area contributed by atoms with Gasteiger partial charge in [-0.1, -0.05) is 29.8 Å². The van der Waals surface area contributed by atoms with Crippen LogP contribution in [0.25, 0.3) is 0 Å². The first-order chi connectivity index (χ1) is 10.4. The third kappa shape index (κ3) is 3.93. The molecule has 0 aromatic heterocycles. The van der Waals surface area contributed by atoms with Crippen LogP contribution in [0.3, 0.4) is 0 Å². The molecule has 0 fully saturated rings. The molecule has 0 atom stereocenters. The molecule has 0 unspecified atom stereocenters. The lowest BCUT2D eigenvalue weighted by molar-refractivity contribution is 0.0951. The normalized spacial score (nSPS) is 11.2. The van der Waals surface area contributed by atoms with E-state index in [4.69, 9.17) is 0 Å². The van der Waals surface area contributed by atoms with Crippen molar-refractivity contribution in [3.8, 4) is 0 Å². The average molecular weight is 318 g/mol. The molecule has 0 heterocycles. The second kappa shape index (κ2) is 6.72. The first-order valence-electron chi connectivity index (χ1n) is 6.80. The molecule has 0 saturated heterocycles. The lowest BCUT2D eigenvalue weighted by Crippen LogP contribution is -2.23. The number of sulfonamides is 1. The summed E-state index contributed by atoms with van der Waals surface area (Å²) in [6.07, 6.45) is 0. The quantitative estimate of drug-likeness (QED) is 0.883. The highest BCUT2D eigenvalue weighted by Gasteiger charge is 2.12. The zero-order valence-corrected chi connectivity index (χ0v) is 13.3. The molecule has 0 bridgehead atoms. The predicted octanol–water partition coefficient (Wildman–Crippen LogP) is 1.83. The topological polar surface area (TPSA) is 75.3 Å². The van der Waals surface area contributed by atoms with Crippen molar-refractivity contribution in [2.24, 2.45) is 0 Å². The second-order valence-corrected chi connectivity index (χ2v) is 6.79. The van der Waals surface area contributed by atoms with Gasteiger partial charge >= 0.3 is 0 Å². The molecule has 0 aliphatic carbocycles. The number of hydrogen-bond donors (Lipinski definition) is 2. The van der Waals surface area contributed by atoms with Gasteiger partial charge in [0.25, 0.3) is 5.91 Å². The van der Waals surface area contributed by atoms with Gasteiger partial charge in [0.05, 0.1) is 4.90 Å². The molecule has 5 nitrogen and oxygen atoms in total. The van der Waals surface area contributed by atoms with E-state index in [1.807, 2.05) is 31.2 Å². The number of carbonyl (C=O) groups is 1. The maximum absolute atomic E-state index is 12.1. The summed E-state index contributed by atoms with van der Waals surface area (Å²) in [5, 5.41) is 2.81. The fourth-order valence-electron chi connectivity index (χ4n) is 2.01. The van der Waals surface area contributed by atoms with Gasteiger partial charge < -0.3 is 5.32 Å². The monoisotopic (exact) mass is 318 g/mol. The van der Waals surface area contributed by atoms with Crippen molar-refractivity contribution in [2.45, 2.75) is 18.4 Å². The van der Waals surface area contributed by atoms with Crippen molar-refractivity contribution < 1.29 is 13.2 Å². The summed E-state index contributed by atoms with van der Waals surface area (Å²) in [6, 6.07) is 13.7. The largest absolute Gasteiger partial charge is 0.348 e. The molecule has 2 N–H and O–H groups in total. The van der Waals surface area contributed by atoms with Crippen molar-refractivity contribution in [1.29, 1.82) is 0 Å². The highest BCUT2D eigenvalue weighted by atomic mass is 32.2. The minimum atomic E-state index is -3.48. The van der Waals surface area contributed by atoms with E-state index in [-0.39, 0.29) is 10.8 Å². The number of aryl methyl sites for hydroxylation is 1. The molecule has 116 valence electrons. The van der Waals surface area contributed by atoms with Crippen LogP contribution in [0.1, 0.15) is 21.5 Å². The molecule has 0 radical (unpaired) electrons. The van der Waals surface area contributed by atoms with E-state index in [0.29, 0.717) is 12.1 Å². The van der Waals surface area contributed by atoms with Gasteiger partial charge in [0.2, 0.25) is 10.0 Å². The predicted molar refractivity (Wildman–Crippen MR) is 85.0 cm³/mol. The van der Waals surface area contributed by atoms with Gasteiger partial charge in [-0.05, 0) is 43.8 Å². The summed E-state index contributed by atoms with van der Waals surface area (Å²) >= 11 is 0. The Morgan fingerprint density at radius 1 is 1.09 bits per heavy atom. The molecule has 6 heteroatoms. The Morgan fingerprint density at radius 2 is 1.77 bits per heavy atom. The number of carbonyl (C=O) groups excluding carboxylic acids is 1. The van der Waals surface area contributed by atoms with Crippen molar-refractivity contribution >= 4 is 15.9 Å². The zero-order chi connectivity index (χ0) is 16.2. The molecule has 2 aromatic carbocycles. The Morgan fingerprint density at radius 3 is 2.36 bits per heavy atom. The minimum absolute atomic E-state index is 0.130. The fraction of sp³-hybridized carbons (Fsp3) is 0.188. The summed E-state index contributed by atoms with van der Waals surface area (Å²) in [5.41, 5.74) is 2.57. The maximum atomic E-state index is 12.1. The molecular weight excluding hydrogens is 300 g/mol. The maximum Gasteiger partial charge on any atom is 0.251 e. The standard InChI is InChI=1S/C16H18N2O3S/c1-12-4-3-5-13(10-12)11-18-16(19)14-6-8-15(9-7-14)22(20,21)17-2/h3-10,17H,11H2,1-2H3,(H,18,19). The van der Waals surface area contributed by atoms with Crippen LogP contribution in [0.15, 0.2) is 53.4 Å². The molecule has 22 heavy (non-hydrogen) atoms. The summed E-state index contributed by atoms with van der Waals surface area (Å²) in [7, 11) is -2.14. The van der Waals surface area contributed by atoms with Gasteiger partial charge in [0.1, 0.15) is 0 Å². The highest BCUT2D eigenvalue weighted by molar-refractivity contribution is 7.89. The van der Waals surface area contributed by atoms with E-state index in [1.165, 1.54) is 31.3 Å². The lowest BCUT2D eigenvalue weighted by Gasteiger charge is -2.07. The van der Waals surface area contributed by atoms with E-state index in [2.05, 4.69) is 10.0 Å². The van der Waals surface area contributed by atoms with Gasteiger partial charge in [-0.2, -0.15) is 0 Å². The Hall–Kier alpha value is -2.18. The average Bonchev–Trinajstić information content (AvgIpc) is 2.53. The van der Waals surface area contributed by atoms with Crippen LogP contribution < -0.4 is 10.0 Å². The van der Waals surface area contributed by atoms with Crippen molar-refractivity contribution in [3.05, 3.63) is 65.2 Å². The first kappa shape index (κ1) is 16.2. The Balaban J connectivity index is 2.04. The number of hydrogen-bond acceptors (Lipinski definition) is 3. The van der Waals surface area contributed by atoms with Crippen LogP contribution >= 0.6 is 0 Å². The van der Waals surface area contributed by atoms with Gasteiger partial charge in [0, 0.05) is 12.1 Å². The van der Waals surface area contributed by atoms with Gasteiger partial charge in [-0.25, -0.2) is 13.1 Å².